The molecule has 0 aliphatic heterocycles. The number of nitrogens with one attached hydrogen (secondary N) is 1. The molecule has 0 saturated carbocycles. The molecule has 23 heavy (non-hydrogen) atoms. The summed E-state index contributed by atoms with van der Waals surface area (Å²) in [5.74, 6) is 1.36. The number of ether oxygens (including phenoxy) is 2. The Bertz CT molecular complexity index is 760. The summed E-state index contributed by atoms with van der Waals surface area (Å²) in [4.78, 5) is 0.217. The van der Waals surface area contributed by atoms with Crippen LogP contribution < -0.4 is 14.2 Å². The number of sulfonamides is 1. The Kier molecular flexibility index (Phi) is 6.04. The number of benzene rings is 2. The molecule has 0 spiro atoms. The zero-order chi connectivity index (χ0) is 16.9. The van der Waals surface area contributed by atoms with Gasteiger partial charge in [-0.1, -0.05) is 6.07 Å². The molecule has 0 amide bonds. The van der Waals surface area contributed by atoms with Gasteiger partial charge >= 0.3 is 0 Å². The van der Waals surface area contributed by atoms with E-state index in [0.29, 0.717) is 18.7 Å². The molecule has 2 rings (SSSR count). The fraction of sp³-hybridized carbons (Fsp3) is 0.250. The van der Waals surface area contributed by atoms with Crippen LogP contribution in [0.2, 0.25) is 0 Å². The SMILES string of the molecule is COc1ccc(S(=O)(=O)NCCc2ccc(OC)c(Br)c2)cc1. The molecule has 2 aromatic carbocycles. The van der Waals surface area contributed by atoms with Crippen molar-refractivity contribution < 1.29 is 17.9 Å². The molecule has 0 bridgehead atoms. The highest BCUT2D eigenvalue weighted by Crippen LogP contribution is 2.25. The summed E-state index contributed by atoms with van der Waals surface area (Å²) in [6.07, 6.45) is 0.581. The average Bonchev–Trinajstić information content (AvgIpc) is 2.55. The van der Waals surface area contributed by atoms with Gasteiger partial charge in [0.1, 0.15) is 11.5 Å². The molecule has 1 N–H and O–H groups in total. The van der Waals surface area contributed by atoms with Gasteiger partial charge in [0.25, 0.3) is 0 Å². The maximum Gasteiger partial charge on any atom is 0.240 e. The summed E-state index contributed by atoms with van der Waals surface area (Å²) in [6.45, 7) is 0.313. The van der Waals surface area contributed by atoms with Gasteiger partial charge in [-0.25, -0.2) is 13.1 Å². The van der Waals surface area contributed by atoms with Crippen molar-refractivity contribution in [3.8, 4) is 11.5 Å². The standard InChI is InChI=1S/C16H18BrNO4S/c1-21-13-4-6-14(7-5-13)23(19,20)18-10-9-12-3-8-16(22-2)15(17)11-12/h3-8,11,18H,9-10H2,1-2H3. The van der Waals surface area contributed by atoms with E-state index in [-0.39, 0.29) is 4.90 Å². The van der Waals surface area contributed by atoms with Crippen LogP contribution >= 0.6 is 15.9 Å². The van der Waals surface area contributed by atoms with Crippen LogP contribution in [0.25, 0.3) is 0 Å². The van der Waals surface area contributed by atoms with E-state index in [0.717, 1.165) is 15.8 Å². The Labute approximate surface area is 144 Å². The van der Waals surface area contributed by atoms with Gasteiger partial charge in [-0.05, 0) is 64.3 Å². The monoisotopic (exact) mass is 399 g/mol. The van der Waals surface area contributed by atoms with Gasteiger partial charge < -0.3 is 9.47 Å². The molecular formula is C16H18BrNO4S. The van der Waals surface area contributed by atoms with E-state index >= 15 is 0 Å². The van der Waals surface area contributed by atoms with Crippen LogP contribution in [0.5, 0.6) is 11.5 Å². The molecule has 0 aliphatic carbocycles. The lowest BCUT2D eigenvalue weighted by Crippen LogP contribution is -2.25. The van der Waals surface area contributed by atoms with E-state index in [2.05, 4.69) is 20.7 Å². The van der Waals surface area contributed by atoms with E-state index < -0.39 is 10.0 Å². The molecule has 0 fully saturated rings. The first-order chi connectivity index (χ1) is 11.0. The fourth-order valence-corrected chi connectivity index (χ4v) is 3.65. The number of hydrogen-bond donors (Lipinski definition) is 1. The summed E-state index contributed by atoms with van der Waals surface area (Å²) in [6, 6.07) is 11.9. The molecule has 2 aromatic rings. The van der Waals surface area contributed by atoms with Gasteiger partial charge in [0, 0.05) is 6.54 Å². The summed E-state index contributed by atoms with van der Waals surface area (Å²) in [5, 5.41) is 0. The minimum atomic E-state index is -3.52. The Morgan fingerprint density at radius 3 is 2.30 bits per heavy atom. The first-order valence-electron chi connectivity index (χ1n) is 6.92. The third-order valence-electron chi connectivity index (χ3n) is 3.29. The predicted molar refractivity (Wildman–Crippen MR) is 92.6 cm³/mol. The zero-order valence-corrected chi connectivity index (χ0v) is 15.3. The lowest BCUT2D eigenvalue weighted by Gasteiger charge is -2.09. The summed E-state index contributed by atoms with van der Waals surface area (Å²) < 4.78 is 38.0. The minimum absolute atomic E-state index is 0.217. The molecule has 5 nitrogen and oxygen atoms in total. The van der Waals surface area contributed by atoms with Crippen molar-refractivity contribution >= 4 is 26.0 Å². The normalized spacial score (nSPS) is 11.3. The van der Waals surface area contributed by atoms with Gasteiger partial charge in [0.2, 0.25) is 10.0 Å². The van der Waals surface area contributed by atoms with Crippen molar-refractivity contribution in [3.05, 3.63) is 52.5 Å². The van der Waals surface area contributed by atoms with Crippen LogP contribution in [-0.4, -0.2) is 29.2 Å². The van der Waals surface area contributed by atoms with Crippen molar-refractivity contribution in [2.24, 2.45) is 0 Å². The van der Waals surface area contributed by atoms with Gasteiger partial charge in [-0.2, -0.15) is 0 Å². The second kappa shape index (κ2) is 7.81. The highest BCUT2D eigenvalue weighted by atomic mass is 79.9. The second-order valence-corrected chi connectivity index (χ2v) is 7.41. The number of methoxy groups -OCH3 is 2. The third-order valence-corrected chi connectivity index (χ3v) is 5.39. The van der Waals surface area contributed by atoms with E-state index in [9.17, 15) is 8.42 Å². The van der Waals surface area contributed by atoms with E-state index in [1.165, 1.54) is 19.2 Å². The van der Waals surface area contributed by atoms with Crippen molar-refractivity contribution in [3.63, 3.8) is 0 Å². The van der Waals surface area contributed by atoms with Crippen molar-refractivity contribution in [1.82, 2.24) is 4.72 Å². The lowest BCUT2D eigenvalue weighted by atomic mass is 10.1. The highest BCUT2D eigenvalue weighted by Gasteiger charge is 2.13. The summed E-state index contributed by atoms with van der Waals surface area (Å²) >= 11 is 3.41. The van der Waals surface area contributed by atoms with Crippen molar-refractivity contribution in [2.45, 2.75) is 11.3 Å². The molecular weight excluding hydrogens is 382 g/mol. The van der Waals surface area contributed by atoms with Gasteiger partial charge in [0.05, 0.1) is 23.6 Å². The van der Waals surface area contributed by atoms with Crippen LogP contribution in [0.3, 0.4) is 0 Å². The molecule has 0 radical (unpaired) electrons. The van der Waals surface area contributed by atoms with Crippen LogP contribution in [0.15, 0.2) is 51.8 Å². The Hall–Kier alpha value is -1.57. The number of rotatable bonds is 7. The maximum atomic E-state index is 12.2. The topological polar surface area (TPSA) is 64.6 Å². The van der Waals surface area contributed by atoms with Crippen LogP contribution in [0.1, 0.15) is 5.56 Å². The zero-order valence-electron chi connectivity index (χ0n) is 12.9. The van der Waals surface area contributed by atoms with Gasteiger partial charge in [-0.15, -0.1) is 0 Å². The van der Waals surface area contributed by atoms with E-state index in [1.807, 2.05) is 18.2 Å². The Morgan fingerprint density at radius 1 is 1.04 bits per heavy atom. The van der Waals surface area contributed by atoms with E-state index in [4.69, 9.17) is 9.47 Å². The first kappa shape index (κ1) is 17.8. The number of halogens is 1. The average molecular weight is 400 g/mol. The van der Waals surface area contributed by atoms with Gasteiger partial charge in [-0.3, -0.25) is 0 Å². The fourth-order valence-electron chi connectivity index (χ4n) is 2.03. The second-order valence-electron chi connectivity index (χ2n) is 4.79. The molecule has 0 aromatic heterocycles. The van der Waals surface area contributed by atoms with Gasteiger partial charge in [0.15, 0.2) is 0 Å². The summed E-state index contributed by atoms with van der Waals surface area (Å²) in [5.41, 5.74) is 1.01. The molecule has 7 heteroatoms. The first-order valence-corrected chi connectivity index (χ1v) is 9.20. The molecule has 0 saturated heterocycles. The maximum absolute atomic E-state index is 12.2. The van der Waals surface area contributed by atoms with Crippen molar-refractivity contribution in [1.29, 1.82) is 0 Å². The molecule has 124 valence electrons. The van der Waals surface area contributed by atoms with Crippen LogP contribution in [0.4, 0.5) is 0 Å². The number of hydrogen-bond acceptors (Lipinski definition) is 4. The summed E-state index contributed by atoms with van der Waals surface area (Å²) in [7, 11) is -0.384. The third kappa shape index (κ3) is 4.70. The largest absolute Gasteiger partial charge is 0.497 e. The minimum Gasteiger partial charge on any atom is -0.497 e. The Balaban J connectivity index is 1.97. The lowest BCUT2D eigenvalue weighted by molar-refractivity contribution is 0.412. The quantitative estimate of drug-likeness (QED) is 0.776. The smallest absolute Gasteiger partial charge is 0.240 e. The molecule has 0 heterocycles. The Morgan fingerprint density at radius 2 is 1.74 bits per heavy atom. The molecule has 0 unspecified atom stereocenters. The predicted octanol–water partition coefficient (Wildman–Crippen LogP) is 2.99. The highest BCUT2D eigenvalue weighted by molar-refractivity contribution is 9.10. The molecule has 0 atom stereocenters. The molecule has 0 aliphatic rings. The van der Waals surface area contributed by atoms with Crippen LogP contribution in [0, 0.1) is 0 Å². The van der Waals surface area contributed by atoms with Crippen molar-refractivity contribution in [2.75, 3.05) is 20.8 Å². The van der Waals surface area contributed by atoms with E-state index in [1.54, 1.807) is 19.2 Å². The van der Waals surface area contributed by atoms with Crippen LogP contribution in [-0.2, 0) is 16.4 Å².